The third-order valence-electron chi connectivity index (χ3n) is 4.67. The smallest absolute Gasteiger partial charge is 0.319 e. The average molecular weight is 425 g/mol. The zero-order chi connectivity index (χ0) is 22.2. The molecule has 2 amide bonds. The van der Waals surface area contributed by atoms with Crippen molar-refractivity contribution >= 4 is 11.7 Å². The standard InChI is InChI=1S/C25H20FN5O/c26-22-5-2-19(3-6-22)1-4-21-17-23(7-8-24(21)20-9-11-27-12-10-20)30-25(32)29-14-16-31-15-13-28-18-31/h2-3,5-13,15,17-18H,14,16H2,(H2,29,30,32). The van der Waals surface area contributed by atoms with Gasteiger partial charge in [-0.1, -0.05) is 17.9 Å². The molecule has 0 unspecified atom stereocenters. The summed E-state index contributed by atoms with van der Waals surface area (Å²) in [7, 11) is 0. The molecule has 0 radical (unpaired) electrons. The van der Waals surface area contributed by atoms with E-state index in [4.69, 9.17) is 0 Å². The van der Waals surface area contributed by atoms with E-state index < -0.39 is 0 Å². The van der Waals surface area contributed by atoms with Crippen LogP contribution in [-0.2, 0) is 6.54 Å². The highest BCUT2D eigenvalue weighted by molar-refractivity contribution is 5.90. The Morgan fingerprint density at radius 3 is 2.53 bits per heavy atom. The minimum absolute atomic E-state index is 0.306. The summed E-state index contributed by atoms with van der Waals surface area (Å²) in [6, 6.07) is 15.1. The number of amides is 2. The lowest BCUT2D eigenvalue weighted by atomic mass is 10.00. The molecular formula is C25H20FN5O. The molecule has 2 heterocycles. The van der Waals surface area contributed by atoms with Crippen LogP contribution in [0.4, 0.5) is 14.9 Å². The van der Waals surface area contributed by atoms with Crippen molar-refractivity contribution in [3.63, 3.8) is 0 Å². The molecule has 2 aromatic heterocycles. The summed E-state index contributed by atoms with van der Waals surface area (Å²) in [5.41, 5.74) is 3.92. The predicted molar refractivity (Wildman–Crippen MR) is 121 cm³/mol. The second-order valence-corrected chi connectivity index (χ2v) is 6.93. The van der Waals surface area contributed by atoms with Crippen LogP contribution in [0.15, 0.2) is 85.7 Å². The number of hydrogen-bond donors (Lipinski definition) is 2. The molecule has 0 bridgehead atoms. The van der Waals surface area contributed by atoms with Gasteiger partial charge in [-0.05, 0) is 59.7 Å². The number of carbonyl (C=O) groups is 1. The summed E-state index contributed by atoms with van der Waals surface area (Å²) in [5.74, 6) is 5.90. The molecule has 6 nitrogen and oxygen atoms in total. The van der Waals surface area contributed by atoms with Gasteiger partial charge in [0.2, 0.25) is 0 Å². The quantitative estimate of drug-likeness (QED) is 0.468. The normalized spacial score (nSPS) is 10.2. The van der Waals surface area contributed by atoms with E-state index in [1.807, 2.05) is 41.1 Å². The molecule has 0 aliphatic rings. The van der Waals surface area contributed by atoms with E-state index in [-0.39, 0.29) is 11.8 Å². The van der Waals surface area contributed by atoms with Crippen molar-refractivity contribution in [3.8, 4) is 23.0 Å². The van der Waals surface area contributed by atoms with Gasteiger partial charge >= 0.3 is 6.03 Å². The number of aromatic nitrogens is 3. The molecule has 158 valence electrons. The average Bonchev–Trinajstić information content (AvgIpc) is 3.33. The summed E-state index contributed by atoms with van der Waals surface area (Å²) in [6.45, 7) is 1.09. The monoisotopic (exact) mass is 425 g/mol. The molecule has 0 atom stereocenters. The number of nitrogens with zero attached hydrogens (tertiary/aromatic N) is 3. The molecule has 2 aromatic carbocycles. The maximum absolute atomic E-state index is 13.2. The first-order chi connectivity index (χ1) is 15.7. The number of rotatable bonds is 5. The third-order valence-corrected chi connectivity index (χ3v) is 4.67. The molecule has 7 heteroatoms. The van der Waals surface area contributed by atoms with Crippen LogP contribution in [0, 0.1) is 17.7 Å². The maximum atomic E-state index is 13.2. The van der Waals surface area contributed by atoms with Crippen LogP contribution in [0.25, 0.3) is 11.1 Å². The highest BCUT2D eigenvalue weighted by Crippen LogP contribution is 2.25. The number of urea groups is 1. The van der Waals surface area contributed by atoms with E-state index in [1.54, 1.807) is 37.1 Å². The molecule has 0 aliphatic carbocycles. The van der Waals surface area contributed by atoms with Crippen LogP contribution < -0.4 is 10.6 Å². The fourth-order valence-corrected chi connectivity index (χ4v) is 3.07. The Kier molecular flexibility index (Phi) is 6.54. The van der Waals surface area contributed by atoms with Crippen LogP contribution >= 0.6 is 0 Å². The van der Waals surface area contributed by atoms with Gasteiger partial charge in [-0.3, -0.25) is 4.98 Å². The van der Waals surface area contributed by atoms with E-state index in [9.17, 15) is 9.18 Å². The van der Waals surface area contributed by atoms with E-state index in [1.165, 1.54) is 12.1 Å². The zero-order valence-electron chi connectivity index (χ0n) is 17.1. The maximum Gasteiger partial charge on any atom is 0.319 e. The van der Waals surface area contributed by atoms with Gasteiger partial charge in [0.05, 0.1) is 6.33 Å². The first-order valence-electron chi connectivity index (χ1n) is 10.00. The highest BCUT2D eigenvalue weighted by Gasteiger charge is 2.07. The Balaban J connectivity index is 1.53. The van der Waals surface area contributed by atoms with Gasteiger partial charge < -0.3 is 15.2 Å². The first-order valence-corrected chi connectivity index (χ1v) is 10.00. The Bertz CT molecular complexity index is 1240. The number of benzene rings is 2. The number of nitrogens with one attached hydrogen (secondary N) is 2. The summed E-state index contributed by atoms with van der Waals surface area (Å²) >= 11 is 0. The van der Waals surface area contributed by atoms with Crippen LogP contribution in [0.2, 0.25) is 0 Å². The largest absolute Gasteiger partial charge is 0.336 e. The molecular weight excluding hydrogens is 405 g/mol. The SMILES string of the molecule is O=C(NCCn1ccnc1)Nc1ccc(-c2ccncc2)c(C#Cc2ccc(F)cc2)c1. The molecule has 0 saturated heterocycles. The molecule has 32 heavy (non-hydrogen) atoms. The topological polar surface area (TPSA) is 71.8 Å². The minimum atomic E-state index is -0.307. The van der Waals surface area contributed by atoms with E-state index >= 15 is 0 Å². The number of carbonyl (C=O) groups excluding carboxylic acids is 1. The summed E-state index contributed by atoms with van der Waals surface area (Å²) in [4.78, 5) is 20.3. The number of anilines is 1. The molecule has 2 N–H and O–H groups in total. The van der Waals surface area contributed by atoms with Gasteiger partial charge in [0, 0.05) is 54.7 Å². The van der Waals surface area contributed by atoms with Gasteiger partial charge in [0.15, 0.2) is 0 Å². The van der Waals surface area contributed by atoms with E-state index in [0.717, 1.165) is 16.7 Å². The lowest BCUT2D eigenvalue weighted by molar-refractivity contribution is 0.251. The lowest BCUT2D eigenvalue weighted by Gasteiger charge is -2.11. The van der Waals surface area contributed by atoms with Crippen LogP contribution in [0.3, 0.4) is 0 Å². The van der Waals surface area contributed by atoms with Crippen molar-refractivity contribution in [1.82, 2.24) is 19.9 Å². The lowest BCUT2D eigenvalue weighted by Crippen LogP contribution is -2.31. The second-order valence-electron chi connectivity index (χ2n) is 6.93. The van der Waals surface area contributed by atoms with Gasteiger partial charge in [-0.25, -0.2) is 14.2 Å². The van der Waals surface area contributed by atoms with Crippen molar-refractivity contribution in [2.75, 3.05) is 11.9 Å². The van der Waals surface area contributed by atoms with Crippen LogP contribution in [0.5, 0.6) is 0 Å². The van der Waals surface area contributed by atoms with Crippen molar-refractivity contribution < 1.29 is 9.18 Å². The van der Waals surface area contributed by atoms with Gasteiger partial charge in [-0.15, -0.1) is 0 Å². The Hall–Kier alpha value is -4.44. The number of imidazole rings is 1. The molecule has 0 spiro atoms. The highest BCUT2D eigenvalue weighted by atomic mass is 19.1. The number of hydrogen-bond acceptors (Lipinski definition) is 3. The summed E-state index contributed by atoms with van der Waals surface area (Å²) < 4.78 is 15.1. The fraction of sp³-hybridized carbons (Fsp3) is 0.0800. The molecule has 4 rings (SSSR count). The molecule has 0 fully saturated rings. The Morgan fingerprint density at radius 1 is 0.969 bits per heavy atom. The second kappa shape index (κ2) is 10.0. The predicted octanol–water partition coefficient (Wildman–Crippen LogP) is 4.31. The molecule has 4 aromatic rings. The van der Waals surface area contributed by atoms with Crippen LogP contribution in [-0.4, -0.2) is 27.1 Å². The fourth-order valence-electron chi connectivity index (χ4n) is 3.07. The van der Waals surface area contributed by atoms with Crippen molar-refractivity contribution in [1.29, 1.82) is 0 Å². The Morgan fingerprint density at radius 2 is 1.78 bits per heavy atom. The number of pyridine rings is 1. The van der Waals surface area contributed by atoms with Gasteiger partial charge in [-0.2, -0.15) is 0 Å². The third kappa shape index (κ3) is 5.58. The van der Waals surface area contributed by atoms with Crippen molar-refractivity contribution in [3.05, 3.63) is 103 Å². The summed E-state index contributed by atoms with van der Waals surface area (Å²) in [6.07, 6.45) is 8.66. The zero-order valence-corrected chi connectivity index (χ0v) is 17.1. The van der Waals surface area contributed by atoms with Crippen molar-refractivity contribution in [2.24, 2.45) is 0 Å². The van der Waals surface area contributed by atoms with Crippen LogP contribution in [0.1, 0.15) is 11.1 Å². The van der Waals surface area contributed by atoms with Gasteiger partial charge in [0.1, 0.15) is 5.82 Å². The molecule has 0 aliphatic heterocycles. The summed E-state index contributed by atoms with van der Waals surface area (Å²) in [5, 5.41) is 5.66. The van der Waals surface area contributed by atoms with E-state index in [2.05, 4.69) is 32.4 Å². The molecule has 0 saturated carbocycles. The Labute approximate surface area is 185 Å². The van der Waals surface area contributed by atoms with Gasteiger partial charge in [0.25, 0.3) is 0 Å². The minimum Gasteiger partial charge on any atom is -0.336 e. The van der Waals surface area contributed by atoms with Crippen molar-refractivity contribution in [2.45, 2.75) is 6.54 Å². The first kappa shape index (κ1) is 20.8. The van der Waals surface area contributed by atoms with E-state index in [0.29, 0.717) is 24.3 Å². The number of halogens is 1.